The van der Waals surface area contributed by atoms with Crippen LogP contribution in [0.15, 0.2) is 78.9 Å². The SMILES string of the molecule is C/C=C\C=C/c1ccc(/C=C\C=C/C)n1-c1ccccc1. The Morgan fingerprint density at radius 2 is 1.19 bits per heavy atom. The molecule has 0 radical (unpaired) electrons. The lowest BCUT2D eigenvalue weighted by Crippen LogP contribution is -1.98. The molecular formula is C20H21N. The van der Waals surface area contributed by atoms with E-state index in [1.807, 2.05) is 44.2 Å². The van der Waals surface area contributed by atoms with Crippen LogP contribution in [0.5, 0.6) is 0 Å². The van der Waals surface area contributed by atoms with E-state index in [0.29, 0.717) is 0 Å². The molecule has 2 rings (SSSR count). The van der Waals surface area contributed by atoms with Crippen LogP contribution >= 0.6 is 0 Å². The van der Waals surface area contributed by atoms with Gasteiger partial charge in [0.1, 0.15) is 0 Å². The molecule has 106 valence electrons. The number of allylic oxidation sites excluding steroid dienone is 6. The lowest BCUT2D eigenvalue weighted by molar-refractivity contribution is 1.05. The standard InChI is InChI=1S/C20H21N/c1-3-5-8-12-19-16-17-20(13-9-6-4-2)21(19)18-14-10-7-11-15-18/h3-17H,1-2H3/b5-3-,6-4-,12-8-,13-9-. The van der Waals surface area contributed by atoms with Gasteiger partial charge in [0.2, 0.25) is 0 Å². The minimum Gasteiger partial charge on any atom is -0.311 e. The lowest BCUT2D eigenvalue weighted by atomic mass is 10.3. The highest BCUT2D eigenvalue weighted by molar-refractivity contribution is 5.60. The number of para-hydroxylation sites is 1. The first-order valence-electron chi connectivity index (χ1n) is 7.22. The Hall–Kier alpha value is -2.54. The summed E-state index contributed by atoms with van der Waals surface area (Å²) in [5, 5.41) is 0. The van der Waals surface area contributed by atoms with Crippen LogP contribution in [0.4, 0.5) is 0 Å². The molecule has 1 aromatic heterocycles. The molecule has 21 heavy (non-hydrogen) atoms. The zero-order valence-corrected chi connectivity index (χ0v) is 12.6. The van der Waals surface area contributed by atoms with E-state index in [-0.39, 0.29) is 0 Å². The van der Waals surface area contributed by atoms with Crippen molar-refractivity contribution in [1.29, 1.82) is 0 Å². The molecule has 0 aliphatic rings. The zero-order chi connectivity index (χ0) is 14.9. The molecule has 0 aliphatic heterocycles. The molecule has 0 aliphatic carbocycles. The van der Waals surface area contributed by atoms with Gasteiger partial charge in [0, 0.05) is 17.1 Å². The molecule has 1 nitrogen and oxygen atoms in total. The van der Waals surface area contributed by atoms with Crippen LogP contribution in [0.2, 0.25) is 0 Å². The monoisotopic (exact) mass is 275 g/mol. The topological polar surface area (TPSA) is 4.93 Å². The summed E-state index contributed by atoms with van der Waals surface area (Å²) in [5.74, 6) is 0. The summed E-state index contributed by atoms with van der Waals surface area (Å²) in [6.45, 7) is 4.04. The van der Waals surface area contributed by atoms with Gasteiger partial charge in [-0.25, -0.2) is 0 Å². The van der Waals surface area contributed by atoms with Crippen molar-refractivity contribution in [2.45, 2.75) is 13.8 Å². The van der Waals surface area contributed by atoms with Crippen LogP contribution in [0.25, 0.3) is 17.8 Å². The number of hydrogen-bond acceptors (Lipinski definition) is 0. The molecule has 1 heterocycles. The molecule has 1 heteroatoms. The third kappa shape index (κ3) is 3.96. The van der Waals surface area contributed by atoms with Crippen LogP contribution in [0.3, 0.4) is 0 Å². The first-order chi connectivity index (χ1) is 10.4. The molecule has 0 saturated carbocycles. The van der Waals surface area contributed by atoms with E-state index in [1.54, 1.807) is 0 Å². The Morgan fingerprint density at radius 3 is 1.67 bits per heavy atom. The van der Waals surface area contributed by atoms with Crippen molar-refractivity contribution in [3.8, 4) is 5.69 Å². The van der Waals surface area contributed by atoms with Crippen molar-refractivity contribution in [3.63, 3.8) is 0 Å². The van der Waals surface area contributed by atoms with Crippen LogP contribution < -0.4 is 0 Å². The molecule has 1 aromatic carbocycles. The second kappa shape index (κ2) is 7.91. The Labute approximate surface area is 127 Å². The first-order valence-corrected chi connectivity index (χ1v) is 7.22. The summed E-state index contributed by atoms with van der Waals surface area (Å²) in [7, 11) is 0. The fourth-order valence-corrected chi connectivity index (χ4v) is 2.13. The zero-order valence-electron chi connectivity index (χ0n) is 12.6. The van der Waals surface area contributed by atoms with Gasteiger partial charge in [0.05, 0.1) is 0 Å². The largest absolute Gasteiger partial charge is 0.311 e. The second-order valence-electron chi connectivity index (χ2n) is 4.62. The van der Waals surface area contributed by atoms with E-state index in [2.05, 4.69) is 65.3 Å². The van der Waals surface area contributed by atoms with Crippen LogP contribution in [0, 0.1) is 0 Å². The molecule has 0 spiro atoms. The van der Waals surface area contributed by atoms with Gasteiger partial charge in [-0.1, -0.05) is 54.7 Å². The van der Waals surface area contributed by atoms with Crippen molar-refractivity contribution in [1.82, 2.24) is 4.57 Å². The molecule has 0 N–H and O–H groups in total. The second-order valence-corrected chi connectivity index (χ2v) is 4.62. The molecule has 0 amide bonds. The van der Waals surface area contributed by atoms with Gasteiger partial charge in [-0.3, -0.25) is 0 Å². The van der Waals surface area contributed by atoms with E-state index < -0.39 is 0 Å². The Balaban J connectivity index is 2.47. The summed E-state index contributed by atoms with van der Waals surface area (Å²) < 4.78 is 2.25. The number of rotatable bonds is 5. The normalized spacial score (nSPS) is 12.5. The van der Waals surface area contributed by atoms with E-state index in [9.17, 15) is 0 Å². The number of hydrogen-bond donors (Lipinski definition) is 0. The maximum atomic E-state index is 2.25. The fourth-order valence-electron chi connectivity index (χ4n) is 2.13. The van der Waals surface area contributed by atoms with E-state index in [0.717, 1.165) is 0 Å². The molecule has 2 aromatic rings. The molecule has 0 atom stereocenters. The first kappa shape index (κ1) is 14.9. The lowest BCUT2D eigenvalue weighted by Gasteiger charge is -2.09. The number of aromatic nitrogens is 1. The number of nitrogens with zero attached hydrogens (tertiary/aromatic N) is 1. The van der Waals surface area contributed by atoms with Gasteiger partial charge in [-0.2, -0.15) is 0 Å². The average Bonchev–Trinajstić information content (AvgIpc) is 2.92. The third-order valence-electron chi connectivity index (χ3n) is 3.10. The molecule has 0 saturated heterocycles. The predicted octanol–water partition coefficient (Wildman–Crippen LogP) is 5.66. The van der Waals surface area contributed by atoms with Crippen molar-refractivity contribution >= 4 is 12.2 Å². The Bertz CT molecular complexity index is 628. The highest BCUT2D eigenvalue weighted by Gasteiger charge is 2.05. The molecule has 0 bridgehead atoms. The third-order valence-corrected chi connectivity index (χ3v) is 3.10. The summed E-state index contributed by atoms with van der Waals surface area (Å²) in [6.07, 6.45) is 16.5. The van der Waals surface area contributed by atoms with Gasteiger partial charge in [0.25, 0.3) is 0 Å². The quantitative estimate of drug-likeness (QED) is 0.621. The summed E-state index contributed by atoms with van der Waals surface area (Å²) >= 11 is 0. The van der Waals surface area contributed by atoms with Crippen LogP contribution in [-0.2, 0) is 0 Å². The fraction of sp³-hybridized carbons (Fsp3) is 0.100. The Morgan fingerprint density at radius 1 is 0.667 bits per heavy atom. The molecule has 0 unspecified atom stereocenters. The van der Waals surface area contributed by atoms with Gasteiger partial charge in [0.15, 0.2) is 0 Å². The van der Waals surface area contributed by atoms with E-state index in [1.165, 1.54) is 17.1 Å². The van der Waals surface area contributed by atoms with Crippen molar-refractivity contribution < 1.29 is 0 Å². The number of benzene rings is 1. The maximum absolute atomic E-state index is 2.25. The van der Waals surface area contributed by atoms with Gasteiger partial charge in [-0.15, -0.1) is 0 Å². The summed E-state index contributed by atoms with van der Waals surface area (Å²) in [6, 6.07) is 14.7. The van der Waals surface area contributed by atoms with Crippen molar-refractivity contribution in [3.05, 3.63) is 90.3 Å². The highest BCUT2D eigenvalue weighted by atomic mass is 15.0. The summed E-state index contributed by atoms with van der Waals surface area (Å²) in [4.78, 5) is 0. The van der Waals surface area contributed by atoms with Gasteiger partial charge < -0.3 is 4.57 Å². The van der Waals surface area contributed by atoms with E-state index in [4.69, 9.17) is 0 Å². The molecule has 0 fully saturated rings. The smallest absolute Gasteiger partial charge is 0.0462 e. The van der Waals surface area contributed by atoms with E-state index >= 15 is 0 Å². The van der Waals surface area contributed by atoms with Crippen molar-refractivity contribution in [2.24, 2.45) is 0 Å². The summed E-state index contributed by atoms with van der Waals surface area (Å²) in [5.41, 5.74) is 3.50. The van der Waals surface area contributed by atoms with Gasteiger partial charge >= 0.3 is 0 Å². The van der Waals surface area contributed by atoms with Crippen LogP contribution in [-0.4, -0.2) is 4.57 Å². The Kier molecular flexibility index (Phi) is 5.60. The van der Waals surface area contributed by atoms with Crippen molar-refractivity contribution in [2.75, 3.05) is 0 Å². The molecular weight excluding hydrogens is 254 g/mol. The maximum Gasteiger partial charge on any atom is 0.0462 e. The van der Waals surface area contributed by atoms with Crippen LogP contribution in [0.1, 0.15) is 25.2 Å². The average molecular weight is 275 g/mol. The predicted molar refractivity (Wildman–Crippen MR) is 93.5 cm³/mol. The minimum absolute atomic E-state index is 1.17. The minimum atomic E-state index is 1.17. The highest BCUT2D eigenvalue weighted by Crippen LogP contribution is 2.19. The van der Waals surface area contributed by atoms with Gasteiger partial charge in [-0.05, 0) is 50.3 Å².